The Bertz CT molecular complexity index is 401. The molecule has 0 amide bonds. The van der Waals surface area contributed by atoms with Gasteiger partial charge in [0.05, 0.1) is 13.2 Å². The van der Waals surface area contributed by atoms with Crippen molar-refractivity contribution >= 4 is 0 Å². The predicted octanol–water partition coefficient (Wildman–Crippen LogP) is 4.91. The second kappa shape index (κ2) is 19.2. The first-order chi connectivity index (χ1) is 14.7. The number of allylic oxidation sites excluding steroid dienone is 2. The van der Waals surface area contributed by atoms with E-state index in [1.165, 1.54) is 83.5 Å². The van der Waals surface area contributed by atoms with Crippen LogP contribution in [0, 0.1) is 0 Å². The predicted molar refractivity (Wildman–Crippen MR) is 123 cm³/mol. The highest BCUT2D eigenvalue weighted by atomic mass is 16.6. The molecule has 0 saturated carbocycles. The zero-order valence-electron chi connectivity index (χ0n) is 19.4. The molecule has 0 aromatic rings. The fraction of sp³-hybridized carbons (Fsp3) is 0.920. The van der Waals surface area contributed by atoms with Crippen LogP contribution < -0.4 is 0 Å². The van der Waals surface area contributed by atoms with Gasteiger partial charge in [-0.25, -0.2) is 0 Å². The van der Waals surface area contributed by atoms with Gasteiger partial charge in [-0.15, -0.1) is 0 Å². The molecule has 1 fully saturated rings. The van der Waals surface area contributed by atoms with Gasteiger partial charge in [-0.1, -0.05) is 83.3 Å². The first kappa shape index (κ1) is 27.6. The van der Waals surface area contributed by atoms with Crippen molar-refractivity contribution in [2.24, 2.45) is 0 Å². The normalized spacial score (nSPS) is 22.9. The molecule has 1 heterocycles. The van der Waals surface area contributed by atoms with Crippen molar-refractivity contribution < 1.29 is 24.8 Å². The van der Waals surface area contributed by atoms with Crippen molar-refractivity contribution in [2.75, 3.05) is 19.8 Å². The lowest BCUT2D eigenvalue weighted by molar-refractivity contribution is -0.0938. The van der Waals surface area contributed by atoms with E-state index in [-0.39, 0.29) is 13.2 Å². The second-order valence-corrected chi connectivity index (χ2v) is 8.74. The summed E-state index contributed by atoms with van der Waals surface area (Å²) in [6, 6.07) is 0. The molecule has 0 unspecified atom stereocenters. The van der Waals surface area contributed by atoms with Crippen molar-refractivity contribution in [3.05, 3.63) is 12.2 Å². The van der Waals surface area contributed by atoms with E-state index in [1.54, 1.807) is 0 Å². The molecule has 4 atom stereocenters. The lowest BCUT2D eigenvalue weighted by Gasteiger charge is -2.23. The van der Waals surface area contributed by atoms with Gasteiger partial charge in [-0.2, -0.15) is 0 Å². The average Bonchev–Trinajstić information content (AvgIpc) is 3.12. The molecule has 5 nitrogen and oxygen atoms in total. The Morgan fingerprint density at radius 1 is 0.867 bits per heavy atom. The van der Waals surface area contributed by atoms with Crippen LogP contribution in [0.1, 0.15) is 103 Å². The summed E-state index contributed by atoms with van der Waals surface area (Å²) in [5.41, 5.74) is 0. The molecule has 1 rings (SSSR count). The molecular weight excluding hydrogens is 380 g/mol. The van der Waals surface area contributed by atoms with Crippen molar-refractivity contribution in [1.82, 2.24) is 0 Å². The number of ether oxygens (including phenoxy) is 2. The Morgan fingerprint density at radius 2 is 1.40 bits per heavy atom. The highest BCUT2D eigenvalue weighted by Crippen LogP contribution is 2.21. The van der Waals surface area contributed by atoms with Crippen LogP contribution in [0.5, 0.6) is 0 Å². The Morgan fingerprint density at radius 3 is 1.97 bits per heavy atom. The summed E-state index contributed by atoms with van der Waals surface area (Å²) in [7, 11) is 0. The van der Waals surface area contributed by atoms with E-state index in [1.807, 2.05) is 0 Å². The lowest BCUT2D eigenvalue weighted by atomic mass is 10.1. The zero-order valence-corrected chi connectivity index (χ0v) is 19.4. The Balaban J connectivity index is 1.85. The van der Waals surface area contributed by atoms with Crippen molar-refractivity contribution in [3.63, 3.8) is 0 Å². The average molecular weight is 429 g/mol. The summed E-state index contributed by atoms with van der Waals surface area (Å²) < 4.78 is 11.0. The fourth-order valence-electron chi connectivity index (χ4n) is 4.00. The molecule has 0 radical (unpaired) electrons. The van der Waals surface area contributed by atoms with E-state index in [2.05, 4.69) is 19.1 Å². The minimum atomic E-state index is -1.00. The monoisotopic (exact) mass is 428 g/mol. The summed E-state index contributed by atoms with van der Waals surface area (Å²) in [6.07, 6.45) is 21.0. The molecule has 1 saturated heterocycles. The maximum absolute atomic E-state index is 9.90. The van der Waals surface area contributed by atoms with E-state index in [0.29, 0.717) is 6.61 Å². The number of hydrogen-bond donors (Lipinski definition) is 3. The zero-order chi connectivity index (χ0) is 21.9. The fourth-order valence-corrected chi connectivity index (χ4v) is 4.00. The van der Waals surface area contributed by atoms with Crippen LogP contribution in [0.4, 0.5) is 0 Å². The van der Waals surface area contributed by atoms with Gasteiger partial charge in [-0.05, 0) is 32.1 Å². The summed E-state index contributed by atoms with van der Waals surface area (Å²) in [5, 5.41) is 28.7. The third kappa shape index (κ3) is 13.1. The van der Waals surface area contributed by atoms with E-state index in [4.69, 9.17) is 14.6 Å². The molecule has 178 valence electrons. The largest absolute Gasteiger partial charge is 0.394 e. The third-order valence-corrected chi connectivity index (χ3v) is 5.95. The molecule has 0 spiro atoms. The van der Waals surface area contributed by atoms with Gasteiger partial charge in [0, 0.05) is 6.61 Å². The molecule has 0 bridgehead atoms. The first-order valence-electron chi connectivity index (χ1n) is 12.6. The minimum Gasteiger partial charge on any atom is -0.394 e. The van der Waals surface area contributed by atoms with Crippen LogP contribution in [-0.2, 0) is 9.47 Å². The van der Waals surface area contributed by atoms with Crippen LogP contribution in [0.3, 0.4) is 0 Å². The van der Waals surface area contributed by atoms with Gasteiger partial charge >= 0.3 is 0 Å². The van der Waals surface area contributed by atoms with E-state index >= 15 is 0 Å². The quantitative estimate of drug-likeness (QED) is 0.190. The van der Waals surface area contributed by atoms with E-state index in [9.17, 15) is 10.2 Å². The molecule has 0 aromatic carbocycles. The highest BCUT2D eigenvalue weighted by molar-refractivity contribution is 4.89. The SMILES string of the molecule is CCCCCCCCC/C=C/CCCCCCCCO[C@H]1[C@@H]([C@H](O)CO)OC[C@@H]1O. The molecule has 1 aliphatic heterocycles. The molecule has 3 N–H and O–H groups in total. The summed E-state index contributed by atoms with van der Waals surface area (Å²) in [4.78, 5) is 0. The number of aliphatic hydroxyl groups excluding tert-OH is 3. The molecule has 1 aliphatic rings. The van der Waals surface area contributed by atoms with Crippen molar-refractivity contribution in [3.8, 4) is 0 Å². The van der Waals surface area contributed by atoms with Gasteiger partial charge in [0.25, 0.3) is 0 Å². The smallest absolute Gasteiger partial charge is 0.114 e. The number of hydrogen-bond acceptors (Lipinski definition) is 5. The highest BCUT2D eigenvalue weighted by Gasteiger charge is 2.40. The summed E-state index contributed by atoms with van der Waals surface area (Å²) in [5.74, 6) is 0. The van der Waals surface area contributed by atoms with Gasteiger partial charge < -0.3 is 24.8 Å². The van der Waals surface area contributed by atoms with Gasteiger partial charge in [0.2, 0.25) is 0 Å². The maximum Gasteiger partial charge on any atom is 0.114 e. The topological polar surface area (TPSA) is 79.2 Å². The summed E-state index contributed by atoms with van der Waals surface area (Å²) in [6.45, 7) is 2.59. The van der Waals surface area contributed by atoms with Gasteiger partial charge in [0.15, 0.2) is 0 Å². The summed E-state index contributed by atoms with van der Waals surface area (Å²) >= 11 is 0. The Labute approximate surface area is 184 Å². The van der Waals surface area contributed by atoms with Crippen LogP contribution in [-0.4, -0.2) is 59.6 Å². The number of unbranched alkanes of at least 4 members (excludes halogenated alkanes) is 13. The standard InChI is InChI=1S/C25H48O5/c1-2-3-4-5-6-7-8-9-10-11-12-13-14-15-16-17-18-19-29-25-23(28)21-30-24(25)22(27)20-26/h10-11,22-28H,2-9,12-21H2,1H3/b11-10+/t22-,23+,24-,25-/m1/s1. The number of aliphatic hydroxyl groups is 3. The molecular formula is C25H48O5. The van der Waals surface area contributed by atoms with Gasteiger partial charge in [-0.3, -0.25) is 0 Å². The van der Waals surface area contributed by atoms with Crippen LogP contribution in [0.25, 0.3) is 0 Å². The second-order valence-electron chi connectivity index (χ2n) is 8.74. The minimum absolute atomic E-state index is 0.153. The first-order valence-corrected chi connectivity index (χ1v) is 12.6. The van der Waals surface area contributed by atoms with Gasteiger partial charge in [0.1, 0.15) is 24.4 Å². The molecule has 30 heavy (non-hydrogen) atoms. The molecule has 0 aliphatic carbocycles. The lowest BCUT2D eigenvalue weighted by Crippen LogP contribution is -2.42. The number of rotatable bonds is 20. The Hall–Kier alpha value is -0.460. The Kier molecular flexibility index (Phi) is 17.7. The maximum atomic E-state index is 9.90. The van der Waals surface area contributed by atoms with E-state index < -0.39 is 24.4 Å². The van der Waals surface area contributed by atoms with Crippen molar-refractivity contribution in [2.45, 2.75) is 128 Å². The van der Waals surface area contributed by atoms with E-state index in [0.717, 1.165) is 12.8 Å². The van der Waals surface area contributed by atoms with Crippen LogP contribution >= 0.6 is 0 Å². The molecule has 0 aromatic heterocycles. The van der Waals surface area contributed by atoms with Crippen molar-refractivity contribution in [1.29, 1.82) is 0 Å². The van der Waals surface area contributed by atoms with Crippen LogP contribution in [0.2, 0.25) is 0 Å². The third-order valence-electron chi connectivity index (χ3n) is 5.95. The van der Waals surface area contributed by atoms with Crippen LogP contribution in [0.15, 0.2) is 12.2 Å². The molecule has 5 heteroatoms.